The van der Waals surface area contributed by atoms with Crippen LogP contribution in [0.3, 0.4) is 0 Å². The van der Waals surface area contributed by atoms with E-state index in [0.717, 1.165) is 28.2 Å². The molecule has 0 radical (unpaired) electrons. The molecule has 1 amide bonds. The van der Waals surface area contributed by atoms with Crippen molar-refractivity contribution in [1.29, 1.82) is 0 Å². The molecule has 0 aliphatic rings. The number of imidazole rings is 1. The summed E-state index contributed by atoms with van der Waals surface area (Å²) < 4.78 is 29.2. The summed E-state index contributed by atoms with van der Waals surface area (Å²) in [5.41, 5.74) is 3.10. The number of benzene rings is 2. The van der Waals surface area contributed by atoms with Crippen molar-refractivity contribution in [2.75, 3.05) is 5.32 Å². The second kappa shape index (κ2) is 8.76. The first kappa shape index (κ1) is 20.8. The van der Waals surface area contributed by atoms with E-state index >= 15 is 0 Å². The molecule has 2 N–H and O–H groups in total. The molecule has 4 rings (SSSR count). The minimum absolute atomic E-state index is 0.0944. The zero-order valence-corrected chi connectivity index (χ0v) is 18.0. The second-order valence-corrected chi connectivity index (χ2v) is 9.58. The van der Waals surface area contributed by atoms with Crippen LogP contribution < -0.4 is 10.0 Å². The fourth-order valence-corrected chi connectivity index (χ4v) is 4.72. The van der Waals surface area contributed by atoms with Crippen LogP contribution in [0, 0.1) is 6.92 Å². The van der Waals surface area contributed by atoms with Gasteiger partial charge in [-0.25, -0.2) is 18.1 Å². The Morgan fingerprint density at radius 1 is 1.13 bits per heavy atom. The molecule has 158 valence electrons. The number of carbonyl (C=O) groups is 1. The van der Waals surface area contributed by atoms with Gasteiger partial charge in [0.05, 0.1) is 6.33 Å². The van der Waals surface area contributed by atoms with Crippen LogP contribution in [0.2, 0.25) is 0 Å². The summed E-state index contributed by atoms with van der Waals surface area (Å²) in [5.74, 6) is -0.380. The molecule has 0 aliphatic heterocycles. The molecule has 0 saturated heterocycles. The van der Waals surface area contributed by atoms with Gasteiger partial charge in [0.1, 0.15) is 0 Å². The average Bonchev–Trinajstić information content (AvgIpc) is 3.45. The molecule has 2 heterocycles. The second-order valence-electron chi connectivity index (χ2n) is 6.66. The molecule has 11 heteroatoms. The summed E-state index contributed by atoms with van der Waals surface area (Å²) >= 11 is 0.788. The number of rotatable bonds is 7. The lowest BCUT2D eigenvalue weighted by atomic mass is 10.1. The first-order chi connectivity index (χ1) is 14.9. The largest absolute Gasteiger partial charge is 0.306 e. The van der Waals surface area contributed by atoms with Gasteiger partial charge in [0.2, 0.25) is 9.47 Å². The molecule has 4 aromatic rings. The number of hydrogen-bond acceptors (Lipinski definition) is 7. The van der Waals surface area contributed by atoms with Crippen molar-refractivity contribution in [3.8, 4) is 5.69 Å². The van der Waals surface area contributed by atoms with Gasteiger partial charge in [-0.05, 0) is 36.8 Å². The number of sulfonamides is 1. The normalized spacial score (nSPS) is 11.4. The summed E-state index contributed by atoms with van der Waals surface area (Å²) in [4.78, 5) is 16.3. The topological polar surface area (TPSA) is 119 Å². The number of aryl methyl sites for hydroxylation is 1. The number of aromatic nitrogens is 4. The summed E-state index contributed by atoms with van der Waals surface area (Å²) in [6.07, 6.45) is 5.19. The third-order valence-electron chi connectivity index (χ3n) is 4.34. The molecule has 31 heavy (non-hydrogen) atoms. The van der Waals surface area contributed by atoms with E-state index in [0.29, 0.717) is 5.56 Å². The summed E-state index contributed by atoms with van der Waals surface area (Å²) in [7, 11) is -3.87. The molecule has 0 unspecified atom stereocenters. The van der Waals surface area contributed by atoms with Gasteiger partial charge in [-0.15, -0.1) is 10.2 Å². The Hall–Kier alpha value is -3.41. The monoisotopic (exact) mass is 454 g/mol. The summed E-state index contributed by atoms with van der Waals surface area (Å²) in [6.45, 7) is 1.97. The Morgan fingerprint density at radius 2 is 1.94 bits per heavy atom. The number of nitrogens with one attached hydrogen (secondary N) is 2. The molecule has 0 saturated carbocycles. The highest BCUT2D eigenvalue weighted by Gasteiger charge is 2.21. The number of anilines is 1. The molecule has 0 fully saturated rings. The smallest absolute Gasteiger partial charge is 0.270 e. The Morgan fingerprint density at radius 3 is 2.65 bits per heavy atom. The Kier molecular flexibility index (Phi) is 5.89. The number of nitrogens with zero attached hydrogens (tertiary/aromatic N) is 4. The zero-order valence-electron chi connectivity index (χ0n) is 16.4. The predicted molar refractivity (Wildman–Crippen MR) is 117 cm³/mol. The maximum Gasteiger partial charge on any atom is 0.270 e. The van der Waals surface area contributed by atoms with Gasteiger partial charge in [-0.2, -0.15) is 0 Å². The SMILES string of the molecule is Cc1cccc(C(=O)Nc2nnc(S(=O)(=O)NCc3ccc(-n4ccnc4)cc3)s2)c1. The third kappa shape index (κ3) is 5.02. The van der Waals surface area contributed by atoms with E-state index in [-0.39, 0.29) is 21.9 Å². The van der Waals surface area contributed by atoms with E-state index in [4.69, 9.17) is 0 Å². The highest BCUT2D eigenvalue weighted by molar-refractivity contribution is 7.91. The van der Waals surface area contributed by atoms with Crippen molar-refractivity contribution in [2.24, 2.45) is 0 Å². The minimum Gasteiger partial charge on any atom is -0.306 e. The maximum atomic E-state index is 12.5. The first-order valence-electron chi connectivity index (χ1n) is 9.19. The van der Waals surface area contributed by atoms with Crippen LogP contribution >= 0.6 is 11.3 Å². The first-order valence-corrected chi connectivity index (χ1v) is 11.5. The number of hydrogen-bond donors (Lipinski definition) is 2. The standard InChI is InChI=1S/C20H18N6O3S2/c1-14-3-2-4-16(11-14)18(27)23-19-24-25-20(30-19)31(28,29)22-12-15-5-7-17(8-6-15)26-10-9-21-13-26/h2-11,13,22H,12H2,1H3,(H,23,24,27). The molecular formula is C20H18N6O3S2. The van der Waals surface area contributed by atoms with E-state index in [1.54, 1.807) is 30.7 Å². The van der Waals surface area contributed by atoms with Crippen LogP contribution in [0.5, 0.6) is 0 Å². The van der Waals surface area contributed by atoms with Gasteiger partial charge in [-0.3, -0.25) is 10.1 Å². The molecule has 9 nitrogen and oxygen atoms in total. The minimum atomic E-state index is -3.87. The van der Waals surface area contributed by atoms with E-state index in [1.807, 2.05) is 48.0 Å². The number of amides is 1. The molecule has 2 aromatic heterocycles. The molecule has 0 aliphatic carbocycles. The molecular weight excluding hydrogens is 436 g/mol. The average molecular weight is 455 g/mol. The molecule has 0 spiro atoms. The van der Waals surface area contributed by atoms with Crippen LogP contribution in [0.1, 0.15) is 21.5 Å². The summed E-state index contributed by atoms with van der Waals surface area (Å²) in [5, 5.41) is 10.2. The fourth-order valence-electron chi connectivity index (χ4n) is 2.76. The lowest BCUT2D eigenvalue weighted by Crippen LogP contribution is -2.23. The van der Waals surface area contributed by atoms with Gasteiger partial charge >= 0.3 is 0 Å². The van der Waals surface area contributed by atoms with Gasteiger partial charge in [0.15, 0.2) is 0 Å². The van der Waals surface area contributed by atoms with Crippen LogP contribution in [-0.4, -0.2) is 34.1 Å². The highest BCUT2D eigenvalue weighted by Crippen LogP contribution is 2.21. The van der Waals surface area contributed by atoms with Gasteiger partial charge in [0, 0.05) is 30.2 Å². The van der Waals surface area contributed by atoms with Crippen LogP contribution in [0.4, 0.5) is 5.13 Å². The summed E-state index contributed by atoms with van der Waals surface area (Å²) in [6, 6.07) is 14.4. The number of carbonyl (C=O) groups excluding carboxylic acids is 1. The van der Waals surface area contributed by atoms with Crippen LogP contribution in [0.15, 0.2) is 71.6 Å². The Balaban J connectivity index is 1.39. The van der Waals surface area contributed by atoms with E-state index in [1.165, 1.54) is 0 Å². The Bertz CT molecular complexity index is 1300. The fraction of sp³-hybridized carbons (Fsp3) is 0.100. The van der Waals surface area contributed by atoms with Gasteiger partial charge in [0.25, 0.3) is 15.9 Å². The highest BCUT2D eigenvalue weighted by atomic mass is 32.2. The van der Waals surface area contributed by atoms with Crippen LogP contribution in [0.25, 0.3) is 5.69 Å². The molecule has 0 atom stereocenters. The quantitative estimate of drug-likeness (QED) is 0.415. The van der Waals surface area contributed by atoms with Crippen molar-refractivity contribution in [1.82, 2.24) is 24.5 Å². The maximum absolute atomic E-state index is 12.5. The lowest BCUT2D eigenvalue weighted by Gasteiger charge is -2.06. The zero-order chi connectivity index (χ0) is 21.8. The van der Waals surface area contributed by atoms with E-state index in [9.17, 15) is 13.2 Å². The lowest BCUT2D eigenvalue weighted by molar-refractivity contribution is 0.102. The predicted octanol–water partition coefficient (Wildman–Crippen LogP) is 2.76. The third-order valence-corrected chi connectivity index (χ3v) is 6.95. The van der Waals surface area contributed by atoms with E-state index in [2.05, 4.69) is 25.2 Å². The Labute approximate surface area is 182 Å². The van der Waals surface area contributed by atoms with E-state index < -0.39 is 10.0 Å². The van der Waals surface area contributed by atoms with Gasteiger partial charge in [-0.1, -0.05) is 41.2 Å². The van der Waals surface area contributed by atoms with Crippen LogP contribution in [-0.2, 0) is 16.6 Å². The van der Waals surface area contributed by atoms with Crippen molar-refractivity contribution in [3.63, 3.8) is 0 Å². The van der Waals surface area contributed by atoms with Crippen molar-refractivity contribution < 1.29 is 13.2 Å². The van der Waals surface area contributed by atoms with Crippen molar-refractivity contribution in [3.05, 3.63) is 83.9 Å². The van der Waals surface area contributed by atoms with Gasteiger partial charge < -0.3 is 4.57 Å². The molecule has 0 bridgehead atoms. The van der Waals surface area contributed by atoms with Crippen molar-refractivity contribution in [2.45, 2.75) is 17.8 Å². The van der Waals surface area contributed by atoms with Crippen molar-refractivity contribution >= 4 is 32.4 Å². The molecule has 2 aromatic carbocycles.